The first-order chi connectivity index (χ1) is 9.25. The minimum atomic E-state index is -0.355. The Bertz CT molecular complexity index is 392. The second-order valence-corrected chi connectivity index (χ2v) is 5.11. The van der Waals surface area contributed by atoms with E-state index in [0.29, 0.717) is 12.8 Å². The minimum absolute atomic E-state index is 0.124. The summed E-state index contributed by atoms with van der Waals surface area (Å²) in [6.45, 7) is 0.268. The maximum Gasteiger partial charge on any atom is 0.407 e. The number of ether oxygens (including phenoxy) is 1. The summed E-state index contributed by atoms with van der Waals surface area (Å²) in [5, 5.41) is 2.89. The number of hydrogen-bond donors (Lipinski definition) is 1. The Morgan fingerprint density at radius 2 is 2.11 bits per heavy atom. The molecule has 0 radical (unpaired) electrons. The van der Waals surface area contributed by atoms with E-state index in [9.17, 15) is 9.59 Å². The standard InChI is InChI=1S/C15H21NO3/c17-14-9-5-4-6-12(14)10-11-19-15(18)16-13-7-2-1-3-8-13/h4-6,13H,1-3,7-11H2,(H,16,18). The fourth-order valence-electron chi connectivity index (χ4n) is 2.52. The topological polar surface area (TPSA) is 55.4 Å². The average molecular weight is 263 g/mol. The van der Waals surface area contributed by atoms with E-state index in [1.165, 1.54) is 19.3 Å². The van der Waals surface area contributed by atoms with Gasteiger partial charge in [-0.1, -0.05) is 37.5 Å². The molecule has 1 fully saturated rings. The molecule has 1 amide bonds. The molecule has 0 spiro atoms. The van der Waals surface area contributed by atoms with Gasteiger partial charge in [0.1, 0.15) is 0 Å². The molecule has 0 saturated heterocycles. The van der Waals surface area contributed by atoms with E-state index in [4.69, 9.17) is 4.74 Å². The molecule has 0 aromatic heterocycles. The van der Waals surface area contributed by atoms with Gasteiger partial charge < -0.3 is 10.1 Å². The van der Waals surface area contributed by atoms with Crippen molar-refractivity contribution in [2.45, 2.75) is 51.0 Å². The van der Waals surface area contributed by atoms with E-state index in [1.807, 2.05) is 12.2 Å². The first-order valence-corrected chi connectivity index (χ1v) is 7.08. The van der Waals surface area contributed by atoms with Crippen LogP contribution < -0.4 is 5.32 Å². The number of ketones is 1. The molecular formula is C15H21NO3. The molecule has 2 aliphatic carbocycles. The number of alkyl carbamates (subject to hydrolysis) is 1. The van der Waals surface area contributed by atoms with E-state index in [-0.39, 0.29) is 24.5 Å². The van der Waals surface area contributed by atoms with Crippen LogP contribution in [0.1, 0.15) is 44.9 Å². The van der Waals surface area contributed by atoms with E-state index < -0.39 is 0 Å². The lowest BCUT2D eigenvalue weighted by atomic mass is 9.96. The van der Waals surface area contributed by atoms with Gasteiger partial charge in [-0.25, -0.2) is 4.79 Å². The molecule has 0 unspecified atom stereocenters. The van der Waals surface area contributed by atoms with E-state index >= 15 is 0 Å². The SMILES string of the molecule is O=C(NC1CCCCC1)OCCC1=CC=CCC1=O. The summed E-state index contributed by atoms with van der Waals surface area (Å²) in [6, 6.07) is 0.264. The molecule has 2 aliphatic rings. The van der Waals surface area contributed by atoms with Crippen LogP contribution >= 0.6 is 0 Å². The smallest absolute Gasteiger partial charge is 0.407 e. The monoisotopic (exact) mass is 263 g/mol. The summed E-state index contributed by atoms with van der Waals surface area (Å²) in [6.07, 6.45) is 11.8. The highest BCUT2D eigenvalue weighted by atomic mass is 16.5. The third-order valence-corrected chi connectivity index (χ3v) is 3.63. The molecule has 0 bridgehead atoms. The zero-order valence-corrected chi connectivity index (χ0v) is 11.2. The number of carbonyl (C=O) groups is 2. The average Bonchev–Trinajstić information content (AvgIpc) is 2.42. The number of carbonyl (C=O) groups excluding carboxylic acids is 2. The molecule has 1 N–H and O–H groups in total. The van der Waals surface area contributed by atoms with Crippen LogP contribution in [-0.2, 0) is 9.53 Å². The van der Waals surface area contributed by atoms with Gasteiger partial charge in [0.25, 0.3) is 0 Å². The largest absolute Gasteiger partial charge is 0.449 e. The fourth-order valence-corrected chi connectivity index (χ4v) is 2.52. The van der Waals surface area contributed by atoms with Gasteiger partial charge >= 0.3 is 6.09 Å². The quantitative estimate of drug-likeness (QED) is 0.848. The molecule has 19 heavy (non-hydrogen) atoms. The Morgan fingerprint density at radius 3 is 2.84 bits per heavy atom. The Balaban J connectivity index is 1.64. The molecule has 0 aliphatic heterocycles. The number of nitrogens with one attached hydrogen (secondary N) is 1. The van der Waals surface area contributed by atoms with Crippen LogP contribution in [0.5, 0.6) is 0 Å². The van der Waals surface area contributed by atoms with Crippen molar-refractivity contribution in [3.63, 3.8) is 0 Å². The molecule has 0 aromatic rings. The predicted octanol–water partition coefficient (Wildman–Crippen LogP) is 2.89. The van der Waals surface area contributed by atoms with E-state index in [1.54, 1.807) is 6.08 Å². The number of rotatable bonds is 4. The summed E-state index contributed by atoms with van der Waals surface area (Å²) >= 11 is 0. The number of hydrogen-bond acceptors (Lipinski definition) is 3. The van der Waals surface area contributed by atoms with Crippen LogP contribution in [0.15, 0.2) is 23.8 Å². The van der Waals surface area contributed by atoms with Crippen molar-refractivity contribution < 1.29 is 14.3 Å². The molecule has 0 aromatic carbocycles. The van der Waals surface area contributed by atoms with Crippen molar-refractivity contribution in [3.05, 3.63) is 23.8 Å². The maximum absolute atomic E-state index is 11.6. The summed E-state index contributed by atoms with van der Waals surface area (Å²) in [5.41, 5.74) is 0.743. The molecule has 0 atom stereocenters. The summed E-state index contributed by atoms with van der Waals surface area (Å²) in [7, 11) is 0. The van der Waals surface area contributed by atoms with Crippen molar-refractivity contribution in [3.8, 4) is 0 Å². The zero-order chi connectivity index (χ0) is 13.5. The van der Waals surface area contributed by atoms with Crippen LogP contribution in [0.2, 0.25) is 0 Å². The minimum Gasteiger partial charge on any atom is -0.449 e. The normalized spacial score (nSPS) is 20.0. The van der Waals surface area contributed by atoms with Gasteiger partial charge in [0.15, 0.2) is 5.78 Å². The highest BCUT2D eigenvalue weighted by molar-refractivity contribution is 5.97. The lowest BCUT2D eigenvalue weighted by Gasteiger charge is -2.22. The second kappa shape index (κ2) is 7.12. The van der Waals surface area contributed by atoms with Gasteiger partial charge in [0.2, 0.25) is 0 Å². The molecule has 2 rings (SSSR count). The Morgan fingerprint density at radius 1 is 1.32 bits per heavy atom. The van der Waals surface area contributed by atoms with Crippen molar-refractivity contribution in [2.75, 3.05) is 6.61 Å². The van der Waals surface area contributed by atoms with Gasteiger partial charge in [-0.05, 0) is 18.4 Å². The molecule has 0 heterocycles. The highest BCUT2D eigenvalue weighted by Gasteiger charge is 2.16. The third kappa shape index (κ3) is 4.54. The van der Waals surface area contributed by atoms with Crippen molar-refractivity contribution in [2.24, 2.45) is 0 Å². The van der Waals surface area contributed by atoms with Crippen molar-refractivity contribution in [1.82, 2.24) is 5.32 Å². The van der Waals surface area contributed by atoms with Crippen molar-refractivity contribution >= 4 is 11.9 Å². The van der Waals surface area contributed by atoms with Crippen LogP contribution in [0, 0.1) is 0 Å². The summed E-state index contributed by atoms with van der Waals surface area (Å²) in [4.78, 5) is 23.1. The van der Waals surface area contributed by atoms with Gasteiger partial charge in [0, 0.05) is 18.9 Å². The number of Topliss-reactive ketones (excluding diaryl/α,β-unsaturated/α-hetero) is 1. The van der Waals surface area contributed by atoms with E-state index in [2.05, 4.69) is 5.32 Å². The zero-order valence-electron chi connectivity index (χ0n) is 11.2. The Hall–Kier alpha value is -1.58. The van der Waals surface area contributed by atoms with Gasteiger partial charge in [-0.15, -0.1) is 0 Å². The van der Waals surface area contributed by atoms with Crippen LogP contribution in [0.4, 0.5) is 4.79 Å². The lowest BCUT2D eigenvalue weighted by molar-refractivity contribution is -0.115. The highest BCUT2D eigenvalue weighted by Crippen LogP contribution is 2.17. The Kier molecular flexibility index (Phi) is 5.19. The van der Waals surface area contributed by atoms with Crippen LogP contribution in [0.3, 0.4) is 0 Å². The Labute approximate surface area is 113 Å². The predicted molar refractivity (Wildman–Crippen MR) is 72.8 cm³/mol. The van der Waals surface area contributed by atoms with Crippen molar-refractivity contribution in [1.29, 1.82) is 0 Å². The first-order valence-electron chi connectivity index (χ1n) is 7.08. The van der Waals surface area contributed by atoms with Gasteiger partial charge in [0.05, 0.1) is 6.61 Å². The number of amides is 1. The molecular weight excluding hydrogens is 242 g/mol. The molecule has 104 valence electrons. The van der Waals surface area contributed by atoms with Gasteiger partial charge in [-0.2, -0.15) is 0 Å². The van der Waals surface area contributed by atoms with Crippen LogP contribution in [-0.4, -0.2) is 24.5 Å². The van der Waals surface area contributed by atoms with Crippen LogP contribution in [0.25, 0.3) is 0 Å². The summed E-state index contributed by atoms with van der Waals surface area (Å²) in [5.74, 6) is 0.124. The molecule has 4 heteroatoms. The third-order valence-electron chi connectivity index (χ3n) is 3.63. The first kappa shape index (κ1) is 13.8. The lowest BCUT2D eigenvalue weighted by Crippen LogP contribution is -2.36. The van der Waals surface area contributed by atoms with E-state index in [0.717, 1.165) is 18.4 Å². The molecule has 1 saturated carbocycles. The maximum atomic E-state index is 11.6. The second-order valence-electron chi connectivity index (χ2n) is 5.11. The molecule has 4 nitrogen and oxygen atoms in total. The fraction of sp³-hybridized carbons (Fsp3) is 0.600. The van der Waals surface area contributed by atoms with Gasteiger partial charge in [-0.3, -0.25) is 4.79 Å². The number of allylic oxidation sites excluding steroid dienone is 3. The summed E-state index contributed by atoms with van der Waals surface area (Å²) < 4.78 is 5.13.